The van der Waals surface area contributed by atoms with Gasteiger partial charge in [0.15, 0.2) is 0 Å². The van der Waals surface area contributed by atoms with Crippen LogP contribution in [-0.4, -0.2) is 35.9 Å². The van der Waals surface area contributed by atoms with Crippen LogP contribution in [-0.2, 0) is 6.42 Å². The lowest BCUT2D eigenvalue weighted by molar-refractivity contribution is 0.0693. The summed E-state index contributed by atoms with van der Waals surface area (Å²) in [6.07, 6.45) is 0.191. The zero-order chi connectivity index (χ0) is 22.4. The molecule has 3 N–H and O–H groups in total. The number of aliphatic hydroxyl groups excluding tert-OH is 1. The van der Waals surface area contributed by atoms with Crippen molar-refractivity contribution >= 4 is 30.0 Å². The van der Waals surface area contributed by atoms with E-state index in [2.05, 4.69) is 24.4 Å². The van der Waals surface area contributed by atoms with Gasteiger partial charge in [0.05, 0.1) is 13.2 Å². The first-order valence-electron chi connectivity index (χ1n) is 10.0. The Morgan fingerprint density at radius 3 is 2.38 bits per heavy atom. The van der Waals surface area contributed by atoms with Crippen molar-refractivity contribution in [3.8, 4) is 16.9 Å². The molecule has 0 unspecified atom stereocenters. The number of nitrogens with one attached hydrogen (secondary N) is 1. The predicted molar refractivity (Wildman–Crippen MR) is 130 cm³/mol. The van der Waals surface area contributed by atoms with Gasteiger partial charge in [-0.05, 0) is 59.9 Å². The first-order valence-corrected chi connectivity index (χ1v) is 10.4. The maximum Gasteiger partial charge on any atom is 0.339 e. The number of carboxylic acids is 1. The topological polar surface area (TPSA) is 78.8 Å². The predicted octanol–water partition coefficient (Wildman–Crippen LogP) is 5.39. The fraction of sp³-hybridized carbons (Fsp3) is 0.240. The third kappa shape index (κ3) is 6.71. The summed E-state index contributed by atoms with van der Waals surface area (Å²) in [6, 6.07) is 20.6. The van der Waals surface area contributed by atoms with Gasteiger partial charge in [0, 0.05) is 17.6 Å². The van der Waals surface area contributed by atoms with Crippen LogP contribution in [0.25, 0.3) is 11.1 Å². The molecule has 0 spiro atoms. The Morgan fingerprint density at radius 2 is 1.75 bits per heavy atom. The van der Waals surface area contributed by atoms with Crippen molar-refractivity contribution in [3.05, 3.63) is 88.4 Å². The molecule has 2 atom stereocenters. The summed E-state index contributed by atoms with van der Waals surface area (Å²) in [5.41, 5.74) is 3.97. The molecule has 0 aliphatic heterocycles. The number of methoxy groups -OCH3 is 1. The van der Waals surface area contributed by atoms with E-state index in [4.69, 9.17) is 16.3 Å². The van der Waals surface area contributed by atoms with Gasteiger partial charge < -0.3 is 20.3 Å². The fourth-order valence-electron chi connectivity index (χ4n) is 3.45. The fourth-order valence-corrected chi connectivity index (χ4v) is 3.65. The van der Waals surface area contributed by atoms with Crippen LogP contribution in [0.2, 0.25) is 5.02 Å². The normalized spacial score (nSPS) is 12.5. The molecule has 170 valence electrons. The van der Waals surface area contributed by atoms with E-state index in [0.29, 0.717) is 17.3 Å². The first kappa shape index (κ1) is 25.7. The lowest BCUT2D eigenvalue weighted by Crippen LogP contribution is -2.32. The molecule has 5 nitrogen and oxygen atoms in total. The van der Waals surface area contributed by atoms with E-state index < -0.39 is 12.1 Å². The molecule has 32 heavy (non-hydrogen) atoms. The van der Waals surface area contributed by atoms with Gasteiger partial charge in [-0.25, -0.2) is 4.79 Å². The Balaban J connectivity index is 0.00000363. The smallest absolute Gasteiger partial charge is 0.339 e. The highest BCUT2D eigenvalue weighted by molar-refractivity contribution is 6.30. The standard InChI is InChI=1S/C25H26ClNO4.ClH/c1-16(27-15-23(28)20-4-3-5-21(26)13-20)12-17-6-8-18(9-7-17)19-10-11-22(25(29)30)24(14-19)31-2;/h3-11,13-14,16,23,27-28H,12,15H2,1-2H3,(H,29,30);1H/t16-,23-;/m1./s1. The number of hydrogen-bond acceptors (Lipinski definition) is 4. The van der Waals surface area contributed by atoms with Gasteiger partial charge >= 0.3 is 5.97 Å². The van der Waals surface area contributed by atoms with Crippen LogP contribution in [0, 0.1) is 0 Å². The molecule has 0 aliphatic carbocycles. The number of aromatic carboxylic acids is 1. The number of carboxylic acid groups (broad SMARTS) is 1. The highest BCUT2D eigenvalue weighted by Gasteiger charge is 2.13. The van der Waals surface area contributed by atoms with Gasteiger partial charge in [0.1, 0.15) is 11.3 Å². The van der Waals surface area contributed by atoms with Gasteiger partial charge in [-0.3, -0.25) is 0 Å². The average Bonchev–Trinajstić information content (AvgIpc) is 2.77. The Hall–Kier alpha value is -2.57. The van der Waals surface area contributed by atoms with Crippen LogP contribution in [0.4, 0.5) is 0 Å². The van der Waals surface area contributed by atoms with E-state index >= 15 is 0 Å². The van der Waals surface area contributed by atoms with Crippen molar-refractivity contribution in [2.24, 2.45) is 0 Å². The van der Waals surface area contributed by atoms with Crippen molar-refractivity contribution in [2.75, 3.05) is 13.7 Å². The SMILES string of the molecule is COc1cc(-c2ccc(C[C@@H](C)NC[C@@H](O)c3cccc(Cl)c3)cc2)ccc1C(=O)O.Cl. The molecule has 0 radical (unpaired) electrons. The number of aliphatic hydroxyl groups is 1. The van der Waals surface area contributed by atoms with Crippen LogP contribution in [0.15, 0.2) is 66.7 Å². The van der Waals surface area contributed by atoms with E-state index in [9.17, 15) is 15.0 Å². The summed E-state index contributed by atoms with van der Waals surface area (Å²) < 4.78 is 5.21. The lowest BCUT2D eigenvalue weighted by Gasteiger charge is -2.18. The van der Waals surface area contributed by atoms with E-state index in [-0.39, 0.29) is 24.0 Å². The molecule has 7 heteroatoms. The number of halogens is 2. The molecule has 3 aromatic rings. The highest BCUT2D eigenvalue weighted by Crippen LogP contribution is 2.28. The van der Waals surface area contributed by atoms with Crippen LogP contribution in [0.3, 0.4) is 0 Å². The molecule has 0 aliphatic rings. The molecule has 0 saturated heterocycles. The minimum absolute atomic E-state index is 0. The summed E-state index contributed by atoms with van der Waals surface area (Å²) >= 11 is 5.99. The summed E-state index contributed by atoms with van der Waals surface area (Å²) in [5, 5.41) is 23.5. The lowest BCUT2D eigenvalue weighted by atomic mass is 9.99. The van der Waals surface area contributed by atoms with Gasteiger partial charge in [-0.1, -0.05) is 54.1 Å². The minimum atomic E-state index is -1.01. The number of carbonyl (C=O) groups is 1. The van der Waals surface area contributed by atoms with Crippen LogP contribution >= 0.6 is 24.0 Å². The van der Waals surface area contributed by atoms with Crippen LogP contribution < -0.4 is 10.1 Å². The number of ether oxygens (including phenoxy) is 1. The monoisotopic (exact) mass is 475 g/mol. The van der Waals surface area contributed by atoms with Gasteiger partial charge in [0.25, 0.3) is 0 Å². The number of hydrogen-bond donors (Lipinski definition) is 3. The second kappa shape index (κ2) is 11.9. The second-order valence-electron chi connectivity index (χ2n) is 7.50. The molecule has 0 heterocycles. The maximum absolute atomic E-state index is 11.3. The summed E-state index contributed by atoms with van der Waals surface area (Å²) in [7, 11) is 1.46. The van der Waals surface area contributed by atoms with Crippen molar-refractivity contribution < 1.29 is 19.7 Å². The Bertz CT molecular complexity index is 1040. The summed E-state index contributed by atoms with van der Waals surface area (Å²) in [4.78, 5) is 11.3. The molecule has 0 fully saturated rings. The zero-order valence-corrected chi connectivity index (χ0v) is 19.5. The van der Waals surface area contributed by atoms with Crippen molar-refractivity contribution in [1.29, 1.82) is 0 Å². The molecule has 0 saturated carbocycles. The summed E-state index contributed by atoms with van der Waals surface area (Å²) in [5.74, 6) is -0.675. The van der Waals surface area contributed by atoms with E-state index in [1.165, 1.54) is 7.11 Å². The maximum atomic E-state index is 11.3. The average molecular weight is 476 g/mol. The van der Waals surface area contributed by atoms with Crippen molar-refractivity contribution in [2.45, 2.75) is 25.5 Å². The Morgan fingerprint density at radius 1 is 1.06 bits per heavy atom. The zero-order valence-electron chi connectivity index (χ0n) is 17.9. The number of benzene rings is 3. The number of rotatable bonds is 9. The Kier molecular flexibility index (Phi) is 9.54. The Labute approximate surface area is 199 Å². The molecule has 0 aromatic heterocycles. The van der Waals surface area contributed by atoms with Crippen molar-refractivity contribution in [1.82, 2.24) is 5.32 Å². The molecule has 0 amide bonds. The van der Waals surface area contributed by atoms with Gasteiger partial charge in [0.2, 0.25) is 0 Å². The first-order chi connectivity index (χ1) is 14.9. The third-order valence-electron chi connectivity index (χ3n) is 5.15. The minimum Gasteiger partial charge on any atom is -0.496 e. The second-order valence-corrected chi connectivity index (χ2v) is 7.94. The van der Waals surface area contributed by atoms with Gasteiger partial charge in [-0.2, -0.15) is 0 Å². The summed E-state index contributed by atoms with van der Waals surface area (Å²) in [6.45, 7) is 2.52. The third-order valence-corrected chi connectivity index (χ3v) is 5.39. The van der Waals surface area contributed by atoms with Crippen LogP contribution in [0.5, 0.6) is 5.75 Å². The van der Waals surface area contributed by atoms with Crippen LogP contribution in [0.1, 0.15) is 34.5 Å². The molecular weight excluding hydrogens is 449 g/mol. The van der Waals surface area contributed by atoms with E-state index in [1.54, 1.807) is 30.3 Å². The molecular formula is C25H27Cl2NO4. The molecule has 0 bridgehead atoms. The van der Waals surface area contributed by atoms with E-state index in [0.717, 1.165) is 28.7 Å². The van der Waals surface area contributed by atoms with Crippen molar-refractivity contribution in [3.63, 3.8) is 0 Å². The quantitative estimate of drug-likeness (QED) is 0.386. The highest BCUT2D eigenvalue weighted by atomic mass is 35.5. The molecule has 3 aromatic carbocycles. The largest absolute Gasteiger partial charge is 0.496 e. The van der Waals surface area contributed by atoms with E-state index in [1.807, 2.05) is 24.3 Å². The van der Waals surface area contributed by atoms with Gasteiger partial charge in [-0.15, -0.1) is 12.4 Å². The molecule has 3 rings (SSSR count).